The van der Waals surface area contributed by atoms with Crippen LogP contribution in [0, 0.1) is 5.41 Å². The van der Waals surface area contributed by atoms with Gasteiger partial charge in [-0.3, -0.25) is 0 Å². The van der Waals surface area contributed by atoms with Crippen molar-refractivity contribution >= 4 is 10.5 Å². The quantitative estimate of drug-likeness (QED) is 0.580. The summed E-state index contributed by atoms with van der Waals surface area (Å²) in [7, 11) is -5.27. The fourth-order valence-electron chi connectivity index (χ4n) is 1.46. The molecule has 0 radical (unpaired) electrons. The van der Waals surface area contributed by atoms with Crippen molar-refractivity contribution in [2.45, 2.75) is 45.9 Å². The molecule has 0 aromatic carbocycles. The predicted molar refractivity (Wildman–Crippen MR) is 49.6 cm³/mol. The topological polar surface area (TPSA) is 43.4 Å². The van der Waals surface area contributed by atoms with Gasteiger partial charge in [-0.1, -0.05) is 17.7 Å². The molecule has 0 saturated carbocycles. The third-order valence-electron chi connectivity index (χ3n) is 1.96. The highest BCUT2D eigenvalue weighted by molar-refractivity contribution is 7.81. The zero-order valence-corrected chi connectivity index (χ0v) is 10.2. The highest BCUT2D eigenvalue weighted by Crippen LogP contribution is 2.44. The molecule has 0 aliphatic heterocycles. The summed E-state index contributed by atoms with van der Waals surface area (Å²) >= 11 is 0. The lowest BCUT2D eigenvalue weighted by Gasteiger charge is -2.34. The van der Waals surface area contributed by atoms with Crippen LogP contribution in [0.3, 0.4) is 0 Å². The van der Waals surface area contributed by atoms with Crippen LogP contribution in [0.25, 0.3) is 0 Å². The molecule has 0 bridgehead atoms. The first-order valence-electron chi connectivity index (χ1n) is 4.38. The second-order valence-electron chi connectivity index (χ2n) is 4.79. The van der Waals surface area contributed by atoms with Gasteiger partial charge in [-0.2, -0.15) is 21.6 Å². The summed E-state index contributed by atoms with van der Waals surface area (Å²) in [6.45, 7) is 3.95. The second-order valence-corrected chi connectivity index (χ2v) is 5.75. The summed E-state index contributed by atoms with van der Waals surface area (Å²) in [4.78, 5) is 0. The number of rotatable bonds is 4. The monoisotopic (exact) mass is 266 g/mol. The van der Waals surface area contributed by atoms with Crippen molar-refractivity contribution in [2.75, 3.05) is 0 Å². The molecule has 16 heavy (non-hydrogen) atoms. The summed E-state index contributed by atoms with van der Waals surface area (Å²) in [5.74, 6) is 0. The highest BCUT2D eigenvalue weighted by Gasteiger charge is 2.50. The summed E-state index contributed by atoms with van der Waals surface area (Å²) in [6.07, 6.45) is -5.19. The SMILES string of the molecule is CC(C)(CC(C)(C)C(F)(F)F)OS(=O)(=O)F. The van der Waals surface area contributed by atoms with E-state index in [0.717, 1.165) is 27.7 Å². The minimum Gasteiger partial charge on any atom is -0.239 e. The lowest BCUT2D eigenvalue weighted by atomic mass is 9.81. The van der Waals surface area contributed by atoms with Crippen molar-refractivity contribution in [1.29, 1.82) is 0 Å². The van der Waals surface area contributed by atoms with E-state index >= 15 is 0 Å². The first-order valence-corrected chi connectivity index (χ1v) is 5.69. The third-order valence-corrected chi connectivity index (χ3v) is 2.61. The molecule has 3 nitrogen and oxygen atoms in total. The Bertz CT molecular complexity index is 343. The molecule has 0 aliphatic rings. The van der Waals surface area contributed by atoms with Crippen LogP contribution < -0.4 is 0 Å². The molecule has 0 atom stereocenters. The minimum absolute atomic E-state index is 0.674. The molecule has 0 unspecified atom stereocenters. The molecule has 0 heterocycles. The Labute approximate surface area is 92.2 Å². The van der Waals surface area contributed by atoms with Gasteiger partial charge in [0.15, 0.2) is 0 Å². The molecule has 0 spiro atoms. The molecule has 0 aromatic rings. The Morgan fingerprint density at radius 2 is 1.44 bits per heavy atom. The maximum absolute atomic E-state index is 12.5. The third kappa shape index (κ3) is 5.11. The summed E-state index contributed by atoms with van der Waals surface area (Å²) in [5.41, 5.74) is -3.92. The molecule has 0 aromatic heterocycles. The van der Waals surface area contributed by atoms with Gasteiger partial charge in [-0.15, -0.1) is 0 Å². The Kier molecular flexibility index (Phi) is 4.04. The Morgan fingerprint density at radius 3 is 1.69 bits per heavy atom. The van der Waals surface area contributed by atoms with E-state index in [2.05, 4.69) is 4.18 Å². The predicted octanol–water partition coefficient (Wildman–Crippen LogP) is 2.97. The highest BCUT2D eigenvalue weighted by atomic mass is 32.3. The van der Waals surface area contributed by atoms with E-state index in [9.17, 15) is 25.5 Å². The van der Waals surface area contributed by atoms with Crippen LogP contribution in [0.4, 0.5) is 17.1 Å². The fourth-order valence-corrected chi connectivity index (χ4v) is 2.06. The van der Waals surface area contributed by atoms with Gasteiger partial charge in [0.25, 0.3) is 0 Å². The molecule has 98 valence electrons. The first-order chi connectivity index (χ1) is 6.66. The van der Waals surface area contributed by atoms with Crippen LogP contribution >= 0.6 is 0 Å². The molecule has 8 heteroatoms. The molecule has 0 amide bonds. The number of hydrogen-bond acceptors (Lipinski definition) is 3. The van der Waals surface area contributed by atoms with Crippen molar-refractivity contribution in [1.82, 2.24) is 0 Å². The number of halogens is 4. The normalized spacial score (nSPS) is 15.2. The van der Waals surface area contributed by atoms with Crippen LogP contribution in [-0.2, 0) is 14.7 Å². The molecular formula is C8H14F4O3S. The second kappa shape index (κ2) is 4.14. The van der Waals surface area contributed by atoms with Crippen LogP contribution in [0.15, 0.2) is 0 Å². The van der Waals surface area contributed by atoms with E-state index in [0.29, 0.717) is 0 Å². The van der Waals surface area contributed by atoms with E-state index in [4.69, 9.17) is 0 Å². The van der Waals surface area contributed by atoms with Gasteiger partial charge in [0.2, 0.25) is 0 Å². The Morgan fingerprint density at radius 1 is 1.06 bits per heavy atom. The van der Waals surface area contributed by atoms with E-state index < -0.39 is 34.1 Å². The summed E-state index contributed by atoms with van der Waals surface area (Å²) < 4.78 is 74.1. The van der Waals surface area contributed by atoms with Crippen LogP contribution in [-0.4, -0.2) is 20.2 Å². The van der Waals surface area contributed by atoms with Gasteiger partial charge in [-0.05, 0) is 20.3 Å². The van der Waals surface area contributed by atoms with Crippen molar-refractivity contribution in [3.8, 4) is 0 Å². The smallest absolute Gasteiger partial charge is 0.239 e. The lowest BCUT2D eigenvalue weighted by Crippen LogP contribution is -2.40. The van der Waals surface area contributed by atoms with Gasteiger partial charge in [0, 0.05) is 0 Å². The average molecular weight is 266 g/mol. The van der Waals surface area contributed by atoms with Crippen LogP contribution in [0.1, 0.15) is 34.1 Å². The standard InChI is InChI=1S/C8H14F4O3S/c1-6(2,8(9,10)11)5-7(3,4)15-16(12,13)14/h5H2,1-4H3. The van der Waals surface area contributed by atoms with Gasteiger partial charge in [0.1, 0.15) is 0 Å². The molecule has 0 saturated heterocycles. The summed E-state index contributed by atoms with van der Waals surface area (Å²) in [5, 5.41) is 0. The molecule has 0 N–H and O–H groups in total. The largest absolute Gasteiger partial charge is 0.438 e. The first kappa shape index (κ1) is 15.6. The van der Waals surface area contributed by atoms with Crippen molar-refractivity contribution in [3.63, 3.8) is 0 Å². The van der Waals surface area contributed by atoms with Gasteiger partial charge in [-0.25, -0.2) is 4.18 Å². The molecule has 0 aliphatic carbocycles. The van der Waals surface area contributed by atoms with E-state index in [1.165, 1.54) is 0 Å². The summed E-state index contributed by atoms with van der Waals surface area (Å²) in [6, 6.07) is 0. The zero-order chi connectivity index (χ0) is 13.4. The average Bonchev–Trinajstić information content (AvgIpc) is 1.72. The molecule has 0 fully saturated rings. The number of alkyl halides is 3. The number of hydrogen-bond donors (Lipinski definition) is 0. The van der Waals surface area contributed by atoms with Gasteiger partial charge < -0.3 is 0 Å². The Hall–Kier alpha value is -0.370. The van der Waals surface area contributed by atoms with Crippen LogP contribution in [0.2, 0.25) is 0 Å². The lowest BCUT2D eigenvalue weighted by molar-refractivity contribution is -0.223. The minimum atomic E-state index is -5.27. The van der Waals surface area contributed by atoms with E-state index in [1.807, 2.05) is 0 Å². The maximum Gasteiger partial charge on any atom is 0.438 e. The fraction of sp³-hybridized carbons (Fsp3) is 1.00. The van der Waals surface area contributed by atoms with E-state index in [1.54, 1.807) is 0 Å². The van der Waals surface area contributed by atoms with Gasteiger partial charge in [0.05, 0.1) is 11.0 Å². The van der Waals surface area contributed by atoms with Crippen molar-refractivity contribution in [2.24, 2.45) is 5.41 Å². The Balaban J connectivity index is 4.85. The maximum atomic E-state index is 12.5. The van der Waals surface area contributed by atoms with Crippen molar-refractivity contribution < 1.29 is 29.7 Å². The van der Waals surface area contributed by atoms with E-state index in [-0.39, 0.29) is 0 Å². The van der Waals surface area contributed by atoms with Gasteiger partial charge >= 0.3 is 16.7 Å². The van der Waals surface area contributed by atoms with Crippen LogP contribution in [0.5, 0.6) is 0 Å². The van der Waals surface area contributed by atoms with Crippen molar-refractivity contribution in [3.05, 3.63) is 0 Å². The molecule has 0 rings (SSSR count). The zero-order valence-electron chi connectivity index (χ0n) is 9.35. The molecular weight excluding hydrogens is 252 g/mol.